The van der Waals surface area contributed by atoms with E-state index in [1.54, 1.807) is 37.3 Å². The summed E-state index contributed by atoms with van der Waals surface area (Å²) in [7, 11) is 0. The summed E-state index contributed by atoms with van der Waals surface area (Å²) in [5.41, 5.74) is 2.22. The van der Waals surface area contributed by atoms with Crippen LogP contribution in [0.25, 0.3) is 0 Å². The number of carbonyl (C=O) groups excluding carboxylic acids is 2. The normalized spacial score (nSPS) is 10.3. The molecule has 0 bridgehead atoms. The summed E-state index contributed by atoms with van der Waals surface area (Å²) in [6, 6.07) is 15.8. The fraction of sp³-hybridized carbons (Fsp3) is 0.182. The first-order valence-electron chi connectivity index (χ1n) is 9.22. The van der Waals surface area contributed by atoms with Crippen LogP contribution in [0.4, 0.5) is 17.2 Å². The van der Waals surface area contributed by atoms with Crippen molar-refractivity contribution in [2.45, 2.75) is 20.8 Å². The van der Waals surface area contributed by atoms with Crippen molar-refractivity contribution in [2.75, 3.05) is 17.2 Å². The molecule has 0 saturated carbocycles. The molecular formula is C22H22N4O3. The van der Waals surface area contributed by atoms with Crippen molar-refractivity contribution < 1.29 is 14.3 Å². The number of aromatic nitrogens is 2. The molecule has 2 N–H and O–H groups in total. The van der Waals surface area contributed by atoms with Gasteiger partial charge >= 0.3 is 0 Å². The lowest BCUT2D eigenvalue weighted by molar-refractivity contribution is 0.101. The minimum Gasteiger partial charge on any atom is -0.494 e. The number of anilines is 3. The van der Waals surface area contributed by atoms with Crippen LogP contribution in [-0.2, 0) is 0 Å². The third-order valence-corrected chi connectivity index (χ3v) is 4.06. The van der Waals surface area contributed by atoms with Crippen molar-refractivity contribution in [2.24, 2.45) is 0 Å². The van der Waals surface area contributed by atoms with E-state index >= 15 is 0 Å². The zero-order valence-electron chi connectivity index (χ0n) is 16.5. The Hall–Kier alpha value is -3.74. The molecule has 0 aliphatic heterocycles. The van der Waals surface area contributed by atoms with Gasteiger partial charge in [0.1, 0.15) is 23.1 Å². The van der Waals surface area contributed by atoms with Gasteiger partial charge in [0, 0.05) is 23.0 Å². The number of aryl methyl sites for hydroxylation is 1. The monoisotopic (exact) mass is 390 g/mol. The molecular weight excluding hydrogens is 368 g/mol. The van der Waals surface area contributed by atoms with Crippen molar-refractivity contribution in [3.63, 3.8) is 0 Å². The second kappa shape index (κ2) is 8.97. The van der Waals surface area contributed by atoms with Crippen molar-refractivity contribution >= 4 is 28.9 Å². The second-order valence-corrected chi connectivity index (χ2v) is 6.36. The lowest BCUT2D eigenvalue weighted by Crippen LogP contribution is -2.15. The molecule has 0 fully saturated rings. The molecule has 3 aromatic rings. The van der Waals surface area contributed by atoms with Crippen LogP contribution in [0.2, 0.25) is 0 Å². The molecule has 7 heteroatoms. The highest BCUT2D eigenvalue weighted by molar-refractivity contribution is 6.03. The van der Waals surface area contributed by atoms with Crippen LogP contribution < -0.4 is 15.4 Å². The molecule has 0 saturated heterocycles. The number of carbonyl (C=O) groups is 2. The Balaban J connectivity index is 1.73. The van der Waals surface area contributed by atoms with E-state index in [9.17, 15) is 9.59 Å². The maximum atomic E-state index is 12.6. The minimum absolute atomic E-state index is 0.0284. The lowest BCUT2D eigenvalue weighted by atomic mass is 10.1. The highest BCUT2D eigenvalue weighted by Gasteiger charge is 2.12. The smallest absolute Gasteiger partial charge is 0.274 e. The number of ketones is 1. The van der Waals surface area contributed by atoms with Gasteiger partial charge in [-0.2, -0.15) is 0 Å². The molecule has 1 heterocycles. The molecule has 148 valence electrons. The number of nitrogens with zero attached hydrogens (tertiary/aromatic N) is 2. The number of hydrogen-bond donors (Lipinski definition) is 2. The SMILES string of the molecule is CCOc1ccc(Nc2cc(C(=O)Nc3ccc(C(C)=O)cc3)nc(C)n2)cc1. The van der Waals surface area contributed by atoms with Gasteiger partial charge < -0.3 is 15.4 Å². The molecule has 3 rings (SSSR count). The van der Waals surface area contributed by atoms with Crippen LogP contribution >= 0.6 is 0 Å². The number of amides is 1. The largest absolute Gasteiger partial charge is 0.494 e. The Labute approximate surface area is 169 Å². The van der Waals surface area contributed by atoms with Crippen molar-refractivity contribution in [3.8, 4) is 5.75 Å². The van der Waals surface area contributed by atoms with Gasteiger partial charge in [-0.05, 0) is 69.3 Å². The summed E-state index contributed by atoms with van der Waals surface area (Å²) in [5.74, 6) is 1.38. The van der Waals surface area contributed by atoms with Crippen molar-refractivity contribution in [1.82, 2.24) is 9.97 Å². The third kappa shape index (κ3) is 5.38. The quantitative estimate of drug-likeness (QED) is 0.582. The van der Waals surface area contributed by atoms with Gasteiger partial charge in [-0.3, -0.25) is 9.59 Å². The average Bonchev–Trinajstić information content (AvgIpc) is 2.69. The van der Waals surface area contributed by atoms with Gasteiger partial charge in [0.15, 0.2) is 5.78 Å². The molecule has 7 nitrogen and oxygen atoms in total. The maximum Gasteiger partial charge on any atom is 0.274 e. The third-order valence-electron chi connectivity index (χ3n) is 4.06. The molecule has 0 spiro atoms. The Bertz CT molecular complexity index is 1020. The maximum absolute atomic E-state index is 12.6. The highest BCUT2D eigenvalue weighted by Crippen LogP contribution is 2.20. The van der Waals surface area contributed by atoms with E-state index in [-0.39, 0.29) is 17.4 Å². The summed E-state index contributed by atoms with van der Waals surface area (Å²) in [6.07, 6.45) is 0. The number of ether oxygens (including phenoxy) is 1. The van der Waals surface area contributed by atoms with Gasteiger partial charge in [-0.25, -0.2) is 9.97 Å². The number of rotatable bonds is 7. The molecule has 1 aromatic heterocycles. The van der Waals surface area contributed by atoms with E-state index in [2.05, 4.69) is 20.6 Å². The summed E-state index contributed by atoms with van der Waals surface area (Å²) >= 11 is 0. The average molecular weight is 390 g/mol. The van der Waals surface area contributed by atoms with Gasteiger partial charge in [0.25, 0.3) is 5.91 Å². The predicted octanol–water partition coefficient (Wildman–Crippen LogP) is 4.38. The van der Waals surface area contributed by atoms with Crippen LogP contribution in [0.15, 0.2) is 54.6 Å². The van der Waals surface area contributed by atoms with E-state index in [1.165, 1.54) is 6.92 Å². The van der Waals surface area contributed by atoms with Crippen molar-refractivity contribution in [3.05, 3.63) is 71.7 Å². The van der Waals surface area contributed by atoms with E-state index in [1.807, 2.05) is 31.2 Å². The van der Waals surface area contributed by atoms with Gasteiger partial charge in [-0.15, -0.1) is 0 Å². The van der Waals surface area contributed by atoms with Gasteiger partial charge in [0.05, 0.1) is 6.61 Å². The number of benzene rings is 2. The topological polar surface area (TPSA) is 93.2 Å². The molecule has 0 aliphatic rings. The summed E-state index contributed by atoms with van der Waals surface area (Å²) in [4.78, 5) is 32.5. The first-order chi connectivity index (χ1) is 13.9. The van der Waals surface area contributed by atoms with Gasteiger partial charge in [0.2, 0.25) is 0 Å². The number of nitrogens with one attached hydrogen (secondary N) is 2. The molecule has 29 heavy (non-hydrogen) atoms. The standard InChI is InChI=1S/C22H22N4O3/c1-4-29-19-11-9-17(10-12-19)25-21-13-20(23-15(3)24-21)22(28)26-18-7-5-16(6-8-18)14(2)27/h5-13H,4H2,1-3H3,(H,26,28)(H,23,24,25). The molecule has 2 aromatic carbocycles. The number of hydrogen-bond acceptors (Lipinski definition) is 6. The van der Waals surface area contributed by atoms with Crippen LogP contribution in [0.1, 0.15) is 40.5 Å². The Morgan fingerprint density at radius 3 is 2.24 bits per heavy atom. The van der Waals surface area contributed by atoms with Gasteiger partial charge in [-0.1, -0.05) is 0 Å². The molecule has 0 aliphatic carbocycles. The van der Waals surface area contributed by atoms with Crippen molar-refractivity contribution in [1.29, 1.82) is 0 Å². The Morgan fingerprint density at radius 1 is 0.966 bits per heavy atom. The number of Topliss-reactive ketones (excluding diaryl/α,β-unsaturated/α-hetero) is 1. The fourth-order valence-corrected chi connectivity index (χ4v) is 2.68. The Morgan fingerprint density at radius 2 is 1.62 bits per heavy atom. The summed E-state index contributed by atoms with van der Waals surface area (Å²) in [5, 5.41) is 5.95. The predicted molar refractivity (Wildman–Crippen MR) is 112 cm³/mol. The Kier molecular flexibility index (Phi) is 6.19. The first kappa shape index (κ1) is 20.0. The fourth-order valence-electron chi connectivity index (χ4n) is 2.68. The molecule has 1 amide bonds. The first-order valence-corrected chi connectivity index (χ1v) is 9.22. The summed E-state index contributed by atoms with van der Waals surface area (Å²) < 4.78 is 5.43. The lowest BCUT2D eigenvalue weighted by Gasteiger charge is -2.10. The minimum atomic E-state index is -0.360. The zero-order chi connectivity index (χ0) is 20.8. The van der Waals surface area contributed by atoms with E-state index in [0.717, 1.165) is 11.4 Å². The zero-order valence-corrected chi connectivity index (χ0v) is 16.5. The highest BCUT2D eigenvalue weighted by atomic mass is 16.5. The molecule has 0 unspecified atom stereocenters. The second-order valence-electron chi connectivity index (χ2n) is 6.36. The van der Waals surface area contributed by atoms with E-state index in [0.29, 0.717) is 29.5 Å². The summed E-state index contributed by atoms with van der Waals surface area (Å²) in [6.45, 7) is 5.76. The molecule has 0 atom stereocenters. The van der Waals surface area contributed by atoms with E-state index < -0.39 is 0 Å². The van der Waals surface area contributed by atoms with E-state index in [4.69, 9.17) is 4.74 Å². The van der Waals surface area contributed by atoms with Crippen LogP contribution in [-0.4, -0.2) is 28.3 Å². The molecule has 0 radical (unpaired) electrons. The van der Waals surface area contributed by atoms with Crippen LogP contribution in [0.5, 0.6) is 5.75 Å². The van der Waals surface area contributed by atoms with Crippen LogP contribution in [0, 0.1) is 6.92 Å². The van der Waals surface area contributed by atoms with Crippen LogP contribution in [0.3, 0.4) is 0 Å².